The van der Waals surface area contributed by atoms with Crippen molar-refractivity contribution in [3.8, 4) is 17.0 Å². The van der Waals surface area contributed by atoms with Crippen LogP contribution >= 0.6 is 11.3 Å². The number of thiazole rings is 1. The van der Waals surface area contributed by atoms with E-state index in [4.69, 9.17) is 5.73 Å². The van der Waals surface area contributed by atoms with E-state index < -0.39 is 0 Å². The molecule has 2 amide bonds. The number of nitrogens with two attached hydrogens (primary N) is 1. The van der Waals surface area contributed by atoms with E-state index in [1.807, 2.05) is 0 Å². The van der Waals surface area contributed by atoms with E-state index in [1.54, 1.807) is 53.9 Å². The number of hydrogen-bond donors (Lipinski definition) is 4. The Balaban J connectivity index is 1.54. The zero-order valence-corrected chi connectivity index (χ0v) is 14.4. The third-order valence-corrected chi connectivity index (χ3v) is 4.25. The van der Waals surface area contributed by atoms with Gasteiger partial charge in [-0.2, -0.15) is 0 Å². The molecule has 1 aromatic heterocycles. The number of nitrogens with one attached hydrogen (secondary N) is 2. The Morgan fingerprint density at radius 2 is 1.77 bits per heavy atom. The molecule has 0 aliphatic rings. The molecule has 7 nitrogen and oxygen atoms in total. The van der Waals surface area contributed by atoms with E-state index in [0.717, 1.165) is 5.56 Å². The zero-order valence-electron chi connectivity index (χ0n) is 13.6. The first kappa shape index (κ1) is 17.4. The molecule has 0 radical (unpaired) electrons. The molecule has 5 N–H and O–H groups in total. The number of nitrogens with zero attached hydrogens (tertiary/aromatic N) is 1. The minimum Gasteiger partial charge on any atom is -0.508 e. The minimum atomic E-state index is -0.375. The molecule has 0 unspecified atom stereocenters. The molecule has 0 spiro atoms. The third-order valence-electron chi connectivity index (χ3n) is 3.50. The number of aromatic hydroxyl groups is 1. The van der Waals surface area contributed by atoms with Crippen LogP contribution in [0.3, 0.4) is 0 Å². The lowest BCUT2D eigenvalue weighted by Gasteiger charge is -2.05. The maximum absolute atomic E-state index is 12.0. The highest BCUT2D eigenvalue weighted by Crippen LogP contribution is 2.26. The van der Waals surface area contributed by atoms with Gasteiger partial charge in [0.15, 0.2) is 5.13 Å². The minimum absolute atomic E-state index is 0.169. The molecule has 3 rings (SSSR count). The molecule has 0 aliphatic carbocycles. The van der Waals surface area contributed by atoms with Crippen LogP contribution < -0.4 is 16.4 Å². The fourth-order valence-corrected chi connectivity index (χ4v) is 2.89. The Hall–Kier alpha value is -3.39. The van der Waals surface area contributed by atoms with Crippen molar-refractivity contribution in [2.24, 2.45) is 0 Å². The molecule has 1 heterocycles. The fraction of sp³-hybridized carbons (Fsp3) is 0.0556. The first-order valence-electron chi connectivity index (χ1n) is 7.70. The highest BCUT2D eigenvalue weighted by atomic mass is 32.1. The maximum atomic E-state index is 12.0. The predicted molar refractivity (Wildman–Crippen MR) is 101 cm³/mol. The van der Waals surface area contributed by atoms with Gasteiger partial charge >= 0.3 is 0 Å². The van der Waals surface area contributed by atoms with E-state index in [2.05, 4.69) is 15.6 Å². The Kier molecular flexibility index (Phi) is 5.14. The van der Waals surface area contributed by atoms with Crippen LogP contribution in [-0.4, -0.2) is 28.4 Å². The molecule has 0 saturated carbocycles. The second kappa shape index (κ2) is 7.66. The van der Waals surface area contributed by atoms with Gasteiger partial charge < -0.3 is 21.5 Å². The highest BCUT2D eigenvalue weighted by molar-refractivity contribution is 7.14. The summed E-state index contributed by atoms with van der Waals surface area (Å²) in [5.41, 5.74) is 8.08. The summed E-state index contributed by atoms with van der Waals surface area (Å²) < 4.78 is 0. The van der Waals surface area contributed by atoms with E-state index >= 15 is 0 Å². The van der Waals surface area contributed by atoms with Gasteiger partial charge in [-0.1, -0.05) is 0 Å². The average molecular weight is 368 g/mol. The number of amides is 2. The van der Waals surface area contributed by atoms with Crippen molar-refractivity contribution in [3.63, 3.8) is 0 Å². The number of carbonyl (C=O) groups is 2. The molecule has 3 aromatic rings. The van der Waals surface area contributed by atoms with Gasteiger partial charge in [0, 0.05) is 22.2 Å². The number of carbonyl (C=O) groups excluding carboxylic acids is 2. The number of aromatic nitrogens is 1. The topological polar surface area (TPSA) is 117 Å². The van der Waals surface area contributed by atoms with Crippen molar-refractivity contribution in [1.29, 1.82) is 0 Å². The van der Waals surface area contributed by atoms with E-state index in [-0.39, 0.29) is 24.1 Å². The highest BCUT2D eigenvalue weighted by Gasteiger charge is 2.10. The normalized spacial score (nSPS) is 10.3. The van der Waals surface area contributed by atoms with E-state index in [0.29, 0.717) is 22.1 Å². The Morgan fingerprint density at radius 1 is 1.08 bits per heavy atom. The summed E-state index contributed by atoms with van der Waals surface area (Å²) in [6, 6.07) is 13.0. The van der Waals surface area contributed by atoms with E-state index in [9.17, 15) is 14.7 Å². The van der Waals surface area contributed by atoms with Crippen molar-refractivity contribution in [2.45, 2.75) is 0 Å². The second-order valence-electron chi connectivity index (χ2n) is 5.44. The van der Waals surface area contributed by atoms with Crippen molar-refractivity contribution in [2.75, 3.05) is 17.6 Å². The number of nitrogen functional groups attached to an aromatic ring is 1. The molecule has 0 fully saturated rings. The van der Waals surface area contributed by atoms with Gasteiger partial charge in [-0.05, 0) is 48.5 Å². The standard InChI is InChI=1S/C18H16N4O3S/c19-13-5-1-12(2-6-13)17(25)20-9-16(24)22-18-21-15(10-26-18)11-3-7-14(23)8-4-11/h1-8,10,23H,9,19H2,(H,20,25)(H,21,22,24). The van der Waals surface area contributed by atoms with Crippen LogP contribution in [0.2, 0.25) is 0 Å². The first-order chi connectivity index (χ1) is 12.5. The second-order valence-corrected chi connectivity index (χ2v) is 6.30. The number of phenolic OH excluding ortho intramolecular Hbond substituents is 1. The lowest BCUT2D eigenvalue weighted by molar-refractivity contribution is -0.115. The van der Waals surface area contributed by atoms with Crippen molar-refractivity contribution >= 4 is 34.0 Å². The quantitative estimate of drug-likeness (QED) is 0.516. The van der Waals surface area contributed by atoms with Gasteiger partial charge in [0.05, 0.1) is 12.2 Å². The van der Waals surface area contributed by atoms with Crippen LogP contribution in [0.4, 0.5) is 10.8 Å². The monoisotopic (exact) mass is 368 g/mol. The van der Waals surface area contributed by atoms with Gasteiger partial charge in [-0.3, -0.25) is 9.59 Å². The van der Waals surface area contributed by atoms with Crippen LogP contribution in [-0.2, 0) is 4.79 Å². The summed E-state index contributed by atoms with van der Waals surface area (Å²) >= 11 is 1.28. The van der Waals surface area contributed by atoms with Gasteiger partial charge in [0.1, 0.15) is 5.75 Å². The molecule has 0 aliphatic heterocycles. The summed E-state index contributed by atoms with van der Waals surface area (Å²) in [7, 11) is 0. The summed E-state index contributed by atoms with van der Waals surface area (Å²) in [5.74, 6) is -0.557. The Morgan fingerprint density at radius 3 is 2.46 bits per heavy atom. The SMILES string of the molecule is Nc1ccc(C(=O)NCC(=O)Nc2nc(-c3ccc(O)cc3)cs2)cc1. The molecule has 132 valence electrons. The van der Waals surface area contributed by atoms with Crippen molar-refractivity contribution in [1.82, 2.24) is 10.3 Å². The molecule has 26 heavy (non-hydrogen) atoms. The van der Waals surface area contributed by atoms with Gasteiger partial charge in [0.25, 0.3) is 5.91 Å². The molecular formula is C18H16N4O3S. The number of rotatable bonds is 5. The number of phenols is 1. The Bertz CT molecular complexity index is 920. The van der Waals surface area contributed by atoms with Crippen LogP contribution in [0.15, 0.2) is 53.9 Å². The third kappa shape index (κ3) is 4.37. The summed E-state index contributed by atoms with van der Waals surface area (Å²) in [6.45, 7) is -0.169. The number of anilines is 2. The van der Waals surface area contributed by atoms with Crippen LogP contribution in [0, 0.1) is 0 Å². The molecule has 0 saturated heterocycles. The lowest BCUT2D eigenvalue weighted by Crippen LogP contribution is -2.32. The summed E-state index contributed by atoms with van der Waals surface area (Å²) in [5, 5.41) is 16.7. The van der Waals surface area contributed by atoms with Crippen LogP contribution in [0.1, 0.15) is 10.4 Å². The van der Waals surface area contributed by atoms with Gasteiger partial charge in [-0.15, -0.1) is 11.3 Å². The zero-order chi connectivity index (χ0) is 18.5. The molecule has 0 atom stereocenters. The lowest BCUT2D eigenvalue weighted by atomic mass is 10.2. The van der Waals surface area contributed by atoms with Gasteiger partial charge in [0.2, 0.25) is 5.91 Å². The molecule has 8 heteroatoms. The molecular weight excluding hydrogens is 352 g/mol. The smallest absolute Gasteiger partial charge is 0.251 e. The largest absolute Gasteiger partial charge is 0.508 e. The summed E-state index contributed by atoms with van der Waals surface area (Å²) in [4.78, 5) is 28.3. The van der Waals surface area contributed by atoms with Crippen molar-refractivity contribution in [3.05, 3.63) is 59.5 Å². The maximum Gasteiger partial charge on any atom is 0.251 e. The predicted octanol–water partition coefficient (Wildman–Crippen LogP) is 2.47. The molecule has 0 bridgehead atoms. The number of hydrogen-bond acceptors (Lipinski definition) is 6. The van der Waals surface area contributed by atoms with Crippen molar-refractivity contribution < 1.29 is 14.7 Å². The average Bonchev–Trinajstić information content (AvgIpc) is 3.09. The van der Waals surface area contributed by atoms with Crippen LogP contribution in [0.25, 0.3) is 11.3 Å². The van der Waals surface area contributed by atoms with Gasteiger partial charge in [-0.25, -0.2) is 4.98 Å². The molecule has 2 aromatic carbocycles. The Labute approximate surface area is 153 Å². The van der Waals surface area contributed by atoms with E-state index in [1.165, 1.54) is 11.3 Å². The van der Waals surface area contributed by atoms with Crippen LogP contribution in [0.5, 0.6) is 5.75 Å². The fourth-order valence-electron chi connectivity index (χ4n) is 2.16. The number of benzene rings is 2. The summed E-state index contributed by atoms with van der Waals surface area (Å²) in [6.07, 6.45) is 0. The first-order valence-corrected chi connectivity index (χ1v) is 8.58.